The minimum absolute atomic E-state index is 0.0478. The van der Waals surface area contributed by atoms with Crippen LogP contribution in [0.4, 0.5) is 4.39 Å². The standard InChI is InChI=1S/C12H16FNO3S/c13-10-4-2-5-11(7-10)18(16,17)14-8-9-3-1-6-12(9)15/h2,4-5,7,9,12,14-15H,1,3,6,8H2. The predicted octanol–water partition coefficient (Wildman–Crippen LogP) is 1.26. The summed E-state index contributed by atoms with van der Waals surface area (Å²) in [5.41, 5.74) is 0. The third kappa shape index (κ3) is 3.07. The van der Waals surface area contributed by atoms with Gasteiger partial charge < -0.3 is 5.11 Å². The molecule has 1 saturated carbocycles. The molecule has 4 nitrogen and oxygen atoms in total. The van der Waals surface area contributed by atoms with Gasteiger partial charge in [-0.25, -0.2) is 17.5 Å². The molecule has 0 saturated heterocycles. The SMILES string of the molecule is O=S(=O)(NCC1CCCC1O)c1cccc(F)c1. The van der Waals surface area contributed by atoms with Crippen molar-refractivity contribution in [2.75, 3.05) is 6.54 Å². The summed E-state index contributed by atoms with van der Waals surface area (Å²) in [7, 11) is -3.69. The van der Waals surface area contributed by atoms with Crippen LogP contribution in [0.3, 0.4) is 0 Å². The average molecular weight is 273 g/mol. The largest absolute Gasteiger partial charge is 0.393 e. The Morgan fingerprint density at radius 2 is 2.17 bits per heavy atom. The van der Waals surface area contributed by atoms with Gasteiger partial charge in [0, 0.05) is 6.54 Å². The van der Waals surface area contributed by atoms with Crippen molar-refractivity contribution < 1.29 is 17.9 Å². The summed E-state index contributed by atoms with van der Waals surface area (Å²) in [6.45, 7) is 0.194. The Morgan fingerprint density at radius 3 is 2.78 bits per heavy atom. The molecular formula is C12H16FNO3S. The molecule has 1 fully saturated rings. The van der Waals surface area contributed by atoms with Gasteiger partial charge >= 0.3 is 0 Å². The van der Waals surface area contributed by atoms with Crippen molar-refractivity contribution in [3.05, 3.63) is 30.1 Å². The lowest BCUT2D eigenvalue weighted by atomic mass is 10.1. The molecule has 1 aliphatic rings. The molecule has 0 radical (unpaired) electrons. The maximum absolute atomic E-state index is 13.0. The maximum Gasteiger partial charge on any atom is 0.240 e. The summed E-state index contributed by atoms with van der Waals surface area (Å²) in [4.78, 5) is -0.0880. The van der Waals surface area contributed by atoms with Crippen LogP contribution >= 0.6 is 0 Å². The van der Waals surface area contributed by atoms with Crippen molar-refractivity contribution in [1.82, 2.24) is 4.72 Å². The van der Waals surface area contributed by atoms with Crippen LogP contribution in [0.5, 0.6) is 0 Å². The van der Waals surface area contributed by atoms with Gasteiger partial charge in [-0.15, -0.1) is 0 Å². The lowest BCUT2D eigenvalue weighted by molar-refractivity contribution is 0.134. The molecule has 0 heterocycles. The first-order chi connectivity index (χ1) is 8.49. The van der Waals surface area contributed by atoms with E-state index in [2.05, 4.69) is 4.72 Å². The molecule has 2 N–H and O–H groups in total. The first kappa shape index (κ1) is 13.5. The van der Waals surface area contributed by atoms with Crippen LogP contribution in [-0.2, 0) is 10.0 Å². The van der Waals surface area contributed by atoms with E-state index in [1.165, 1.54) is 18.2 Å². The van der Waals surface area contributed by atoms with Crippen LogP contribution in [-0.4, -0.2) is 26.2 Å². The second kappa shape index (κ2) is 5.34. The lowest BCUT2D eigenvalue weighted by Crippen LogP contribution is -2.32. The Bertz CT molecular complexity index is 518. The number of nitrogens with one attached hydrogen (secondary N) is 1. The van der Waals surface area contributed by atoms with E-state index < -0.39 is 21.9 Å². The van der Waals surface area contributed by atoms with E-state index in [0.29, 0.717) is 6.42 Å². The van der Waals surface area contributed by atoms with E-state index in [0.717, 1.165) is 18.9 Å². The van der Waals surface area contributed by atoms with Gasteiger partial charge in [0.05, 0.1) is 11.0 Å². The maximum atomic E-state index is 13.0. The Morgan fingerprint density at radius 1 is 1.39 bits per heavy atom. The highest BCUT2D eigenvalue weighted by Crippen LogP contribution is 2.25. The van der Waals surface area contributed by atoms with Gasteiger partial charge in [-0.3, -0.25) is 0 Å². The van der Waals surface area contributed by atoms with Gasteiger partial charge in [-0.2, -0.15) is 0 Å². The number of benzene rings is 1. The van der Waals surface area contributed by atoms with E-state index in [1.807, 2.05) is 0 Å². The molecule has 0 aromatic heterocycles. The number of sulfonamides is 1. The van der Waals surface area contributed by atoms with Crippen LogP contribution < -0.4 is 4.72 Å². The van der Waals surface area contributed by atoms with Crippen molar-refractivity contribution >= 4 is 10.0 Å². The van der Waals surface area contributed by atoms with Crippen molar-refractivity contribution in [2.24, 2.45) is 5.92 Å². The fourth-order valence-corrected chi connectivity index (χ4v) is 3.32. The smallest absolute Gasteiger partial charge is 0.240 e. The van der Waals surface area contributed by atoms with E-state index in [4.69, 9.17) is 0 Å². The predicted molar refractivity (Wildman–Crippen MR) is 64.9 cm³/mol. The molecule has 0 spiro atoms. The van der Waals surface area contributed by atoms with Crippen molar-refractivity contribution in [3.8, 4) is 0 Å². The molecule has 18 heavy (non-hydrogen) atoms. The molecule has 2 unspecified atom stereocenters. The summed E-state index contributed by atoms with van der Waals surface area (Å²) < 4.78 is 39.2. The van der Waals surface area contributed by atoms with E-state index in [1.54, 1.807) is 0 Å². The Kier molecular flexibility index (Phi) is 3.99. The zero-order valence-electron chi connectivity index (χ0n) is 9.84. The summed E-state index contributed by atoms with van der Waals surface area (Å²) in [5.74, 6) is -0.632. The Balaban J connectivity index is 2.03. The third-order valence-electron chi connectivity index (χ3n) is 3.26. The highest BCUT2D eigenvalue weighted by Gasteiger charge is 2.26. The van der Waals surface area contributed by atoms with Gasteiger partial charge in [-0.05, 0) is 37.0 Å². The number of hydrogen-bond acceptors (Lipinski definition) is 3. The van der Waals surface area contributed by atoms with Gasteiger partial charge in [0.15, 0.2) is 0 Å². The Labute approximate surface area is 106 Å². The van der Waals surface area contributed by atoms with Gasteiger partial charge in [0.25, 0.3) is 0 Å². The number of aliphatic hydroxyl groups is 1. The molecule has 1 aromatic rings. The monoisotopic (exact) mass is 273 g/mol. The van der Waals surface area contributed by atoms with Gasteiger partial charge in [-0.1, -0.05) is 12.5 Å². The second-order valence-corrected chi connectivity index (χ2v) is 6.33. The summed E-state index contributed by atoms with van der Waals surface area (Å²) in [6, 6.07) is 4.87. The number of hydrogen-bond donors (Lipinski definition) is 2. The highest BCUT2D eigenvalue weighted by molar-refractivity contribution is 7.89. The molecular weight excluding hydrogens is 257 g/mol. The van der Waals surface area contributed by atoms with E-state index in [-0.39, 0.29) is 17.4 Å². The van der Waals surface area contributed by atoms with Gasteiger partial charge in [0.2, 0.25) is 10.0 Å². The van der Waals surface area contributed by atoms with Crippen LogP contribution in [0.15, 0.2) is 29.2 Å². The molecule has 0 aliphatic heterocycles. The zero-order valence-corrected chi connectivity index (χ0v) is 10.7. The molecule has 1 aliphatic carbocycles. The van der Waals surface area contributed by atoms with E-state index >= 15 is 0 Å². The van der Waals surface area contributed by atoms with Crippen LogP contribution in [0, 0.1) is 11.7 Å². The summed E-state index contributed by atoms with van der Waals surface area (Å²) >= 11 is 0. The molecule has 100 valence electrons. The third-order valence-corrected chi connectivity index (χ3v) is 4.68. The molecule has 6 heteroatoms. The van der Waals surface area contributed by atoms with Crippen molar-refractivity contribution in [2.45, 2.75) is 30.3 Å². The first-order valence-corrected chi connectivity index (χ1v) is 7.40. The minimum atomic E-state index is -3.69. The highest BCUT2D eigenvalue weighted by atomic mass is 32.2. The zero-order chi connectivity index (χ0) is 13.2. The fraction of sp³-hybridized carbons (Fsp3) is 0.500. The lowest BCUT2D eigenvalue weighted by Gasteiger charge is -2.15. The van der Waals surface area contributed by atoms with Crippen molar-refractivity contribution in [1.29, 1.82) is 0 Å². The Hall–Kier alpha value is -0.980. The molecule has 2 rings (SSSR count). The fourth-order valence-electron chi connectivity index (χ4n) is 2.19. The summed E-state index contributed by atoms with van der Waals surface area (Å²) in [6.07, 6.45) is 1.99. The number of aliphatic hydroxyl groups excluding tert-OH is 1. The molecule has 0 amide bonds. The number of rotatable bonds is 4. The van der Waals surface area contributed by atoms with Crippen LogP contribution in [0.2, 0.25) is 0 Å². The average Bonchev–Trinajstić information content (AvgIpc) is 2.72. The first-order valence-electron chi connectivity index (χ1n) is 5.92. The van der Waals surface area contributed by atoms with Crippen molar-refractivity contribution in [3.63, 3.8) is 0 Å². The quantitative estimate of drug-likeness (QED) is 0.868. The summed E-state index contributed by atoms with van der Waals surface area (Å²) in [5, 5.41) is 9.61. The molecule has 2 atom stereocenters. The minimum Gasteiger partial charge on any atom is -0.393 e. The number of halogens is 1. The van der Waals surface area contributed by atoms with Crippen LogP contribution in [0.1, 0.15) is 19.3 Å². The molecule has 0 bridgehead atoms. The van der Waals surface area contributed by atoms with Crippen LogP contribution in [0.25, 0.3) is 0 Å². The van der Waals surface area contributed by atoms with E-state index in [9.17, 15) is 17.9 Å². The second-order valence-electron chi connectivity index (χ2n) is 4.57. The van der Waals surface area contributed by atoms with Gasteiger partial charge in [0.1, 0.15) is 5.82 Å². The normalized spacial score (nSPS) is 24.3. The topological polar surface area (TPSA) is 66.4 Å². The molecule has 1 aromatic carbocycles.